The van der Waals surface area contributed by atoms with Crippen LogP contribution in [0.2, 0.25) is 0 Å². The lowest BCUT2D eigenvalue weighted by Gasteiger charge is -2.18. The molecule has 1 atom stereocenters. The maximum absolute atomic E-state index is 3.55. The molecule has 2 fully saturated rings. The van der Waals surface area contributed by atoms with Crippen LogP contribution in [0.15, 0.2) is 0 Å². The summed E-state index contributed by atoms with van der Waals surface area (Å²) in [6.07, 6.45) is 6.90. The van der Waals surface area contributed by atoms with E-state index in [9.17, 15) is 0 Å². The molecule has 2 nitrogen and oxygen atoms in total. The first-order valence-corrected chi connectivity index (χ1v) is 4.77. The van der Waals surface area contributed by atoms with Crippen molar-refractivity contribution in [1.82, 2.24) is 10.6 Å². The van der Waals surface area contributed by atoms with Crippen LogP contribution in [0, 0.1) is 0 Å². The second kappa shape index (κ2) is 2.76. The van der Waals surface area contributed by atoms with Crippen molar-refractivity contribution in [2.24, 2.45) is 0 Å². The minimum Gasteiger partial charge on any atom is -0.314 e. The van der Waals surface area contributed by atoms with Gasteiger partial charge in [0.15, 0.2) is 0 Å². The van der Waals surface area contributed by atoms with Gasteiger partial charge in [-0.25, -0.2) is 0 Å². The van der Waals surface area contributed by atoms with Crippen molar-refractivity contribution in [3.63, 3.8) is 0 Å². The smallest absolute Gasteiger partial charge is 0.0194 e. The molecule has 1 saturated carbocycles. The van der Waals surface area contributed by atoms with Gasteiger partial charge in [-0.3, -0.25) is 0 Å². The van der Waals surface area contributed by atoms with Crippen LogP contribution < -0.4 is 10.6 Å². The van der Waals surface area contributed by atoms with Crippen LogP contribution in [0.5, 0.6) is 0 Å². The van der Waals surface area contributed by atoms with E-state index in [0.29, 0.717) is 5.54 Å². The second-order valence-electron chi connectivity index (χ2n) is 4.03. The molecule has 2 aliphatic rings. The van der Waals surface area contributed by atoms with E-state index in [0.717, 1.165) is 6.04 Å². The molecule has 2 heteroatoms. The largest absolute Gasteiger partial charge is 0.314 e. The second-order valence-corrected chi connectivity index (χ2v) is 4.03. The summed E-state index contributed by atoms with van der Waals surface area (Å²) in [5, 5.41) is 6.99. The summed E-state index contributed by atoms with van der Waals surface area (Å²) in [5.41, 5.74) is 0.544. The lowest BCUT2D eigenvalue weighted by molar-refractivity contribution is 0.427. The van der Waals surface area contributed by atoms with Gasteiger partial charge < -0.3 is 10.6 Å². The molecule has 0 radical (unpaired) electrons. The average Bonchev–Trinajstić information content (AvgIpc) is 2.59. The molecule has 1 heterocycles. The van der Waals surface area contributed by atoms with Crippen LogP contribution >= 0.6 is 0 Å². The summed E-state index contributed by atoms with van der Waals surface area (Å²) >= 11 is 0. The minimum atomic E-state index is 0.544. The summed E-state index contributed by atoms with van der Waals surface area (Å²) < 4.78 is 0. The zero-order valence-corrected chi connectivity index (χ0v) is 7.32. The predicted octanol–water partition coefficient (Wildman–Crippen LogP) is 0.881. The molecular formula is C9H18N2. The van der Waals surface area contributed by atoms with Crippen molar-refractivity contribution >= 4 is 0 Å². The van der Waals surface area contributed by atoms with Gasteiger partial charge in [-0.15, -0.1) is 0 Å². The van der Waals surface area contributed by atoms with Crippen LogP contribution in [0.3, 0.4) is 0 Å². The Hall–Kier alpha value is -0.0800. The van der Waals surface area contributed by atoms with Crippen molar-refractivity contribution in [3.05, 3.63) is 0 Å². The SMILES string of the molecule is CNC1(CC2CCCN2)CC1. The van der Waals surface area contributed by atoms with E-state index in [2.05, 4.69) is 17.7 Å². The fraction of sp³-hybridized carbons (Fsp3) is 1.00. The predicted molar refractivity (Wildman–Crippen MR) is 46.7 cm³/mol. The topological polar surface area (TPSA) is 24.1 Å². The average molecular weight is 154 g/mol. The summed E-state index contributed by atoms with van der Waals surface area (Å²) in [5.74, 6) is 0. The van der Waals surface area contributed by atoms with E-state index < -0.39 is 0 Å². The van der Waals surface area contributed by atoms with E-state index >= 15 is 0 Å². The Kier molecular flexibility index (Phi) is 1.90. The number of nitrogens with one attached hydrogen (secondary N) is 2. The van der Waals surface area contributed by atoms with Gasteiger partial charge in [0, 0.05) is 11.6 Å². The van der Waals surface area contributed by atoms with E-state index in [1.807, 2.05) is 0 Å². The van der Waals surface area contributed by atoms with Gasteiger partial charge in [0.05, 0.1) is 0 Å². The third-order valence-electron chi connectivity index (χ3n) is 3.18. The van der Waals surface area contributed by atoms with Crippen LogP contribution in [0.25, 0.3) is 0 Å². The van der Waals surface area contributed by atoms with Gasteiger partial charge >= 0.3 is 0 Å². The molecule has 2 rings (SSSR count). The fourth-order valence-corrected chi connectivity index (χ4v) is 2.11. The van der Waals surface area contributed by atoms with Crippen molar-refractivity contribution < 1.29 is 0 Å². The van der Waals surface area contributed by atoms with Crippen molar-refractivity contribution in [1.29, 1.82) is 0 Å². The summed E-state index contributed by atoms with van der Waals surface area (Å²) in [6.45, 7) is 1.24. The zero-order chi connectivity index (χ0) is 7.73. The van der Waals surface area contributed by atoms with Gasteiger partial charge in [0.2, 0.25) is 0 Å². The Morgan fingerprint density at radius 1 is 1.55 bits per heavy atom. The first kappa shape index (κ1) is 7.56. The minimum absolute atomic E-state index is 0.544. The van der Waals surface area contributed by atoms with Gasteiger partial charge in [-0.2, -0.15) is 0 Å². The Bertz CT molecular complexity index is 134. The van der Waals surface area contributed by atoms with E-state index in [4.69, 9.17) is 0 Å². The summed E-state index contributed by atoms with van der Waals surface area (Å²) in [4.78, 5) is 0. The van der Waals surface area contributed by atoms with Gasteiger partial charge in [0.25, 0.3) is 0 Å². The van der Waals surface area contributed by atoms with Crippen LogP contribution in [0.1, 0.15) is 32.1 Å². The Labute approximate surface area is 68.7 Å². The molecule has 1 aliphatic heterocycles. The molecule has 0 aromatic carbocycles. The molecule has 0 spiro atoms. The third-order valence-corrected chi connectivity index (χ3v) is 3.18. The number of rotatable bonds is 3. The zero-order valence-electron chi connectivity index (χ0n) is 7.32. The highest BCUT2D eigenvalue weighted by atomic mass is 15.0. The first-order valence-electron chi connectivity index (χ1n) is 4.77. The molecule has 0 bridgehead atoms. The molecule has 1 aliphatic carbocycles. The van der Waals surface area contributed by atoms with Gasteiger partial charge in [-0.1, -0.05) is 0 Å². The molecule has 0 amide bonds. The lowest BCUT2D eigenvalue weighted by Crippen LogP contribution is -2.35. The monoisotopic (exact) mass is 154 g/mol. The molecule has 2 N–H and O–H groups in total. The van der Waals surface area contributed by atoms with E-state index in [1.54, 1.807) is 0 Å². The van der Waals surface area contributed by atoms with Crippen molar-refractivity contribution in [2.75, 3.05) is 13.6 Å². The molecule has 1 unspecified atom stereocenters. The standard InChI is InChI=1S/C9H18N2/c1-10-9(4-5-9)7-8-3-2-6-11-8/h8,10-11H,2-7H2,1H3. The lowest BCUT2D eigenvalue weighted by atomic mass is 10.0. The highest BCUT2D eigenvalue weighted by Crippen LogP contribution is 2.40. The number of hydrogen-bond acceptors (Lipinski definition) is 2. The van der Waals surface area contributed by atoms with Crippen molar-refractivity contribution in [2.45, 2.75) is 43.7 Å². The molecule has 0 aromatic rings. The number of hydrogen-bond donors (Lipinski definition) is 2. The van der Waals surface area contributed by atoms with E-state index in [1.165, 1.54) is 38.6 Å². The molecular weight excluding hydrogens is 136 g/mol. The van der Waals surface area contributed by atoms with Crippen LogP contribution in [-0.2, 0) is 0 Å². The fourth-order valence-electron chi connectivity index (χ4n) is 2.11. The van der Waals surface area contributed by atoms with Gasteiger partial charge in [0.1, 0.15) is 0 Å². The molecule has 1 saturated heterocycles. The summed E-state index contributed by atoms with van der Waals surface area (Å²) in [7, 11) is 2.10. The molecule has 64 valence electrons. The Morgan fingerprint density at radius 3 is 2.82 bits per heavy atom. The maximum Gasteiger partial charge on any atom is 0.0194 e. The Balaban J connectivity index is 1.80. The van der Waals surface area contributed by atoms with Crippen molar-refractivity contribution in [3.8, 4) is 0 Å². The first-order chi connectivity index (χ1) is 5.35. The normalized spacial score (nSPS) is 34.1. The summed E-state index contributed by atoms with van der Waals surface area (Å²) in [6, 6.07) is 0.810. The highest BCUT2D eigenvalue weighted by molar-refractivity contribution is 5.03. The van der Waals surface area contributed by atoms with Crippen LogP contribution in [-0.4, -0.2) is 25.2 Å². The molecule has 11 heavy (non-hydrogen) atoms. The maximum atomic E-state index is 3.55. The molecule has 0 aromatic heterocycles. The quantitative estimate of drug-likeness (QED) is 0.630. The Morgan fingerprint density at radius 2 is 2.36 bits per heavy atom. The third kappa shape index (κ3) is 1.57. The van der Waals surface area contributed by atoms with Crippen LogP contribution in [0.4, 0.5) is 0 Å². The highest BCUT2D eigenvalue weighted by Gasteiger charge is 2.42. The van der Waals surface area contributed by atoms with E-state index in [-0.39, 0.29) is 0 Å². The van der Waals surface area contributed by atoms with Gasteiger partial charge in [-0.05, 0) is 45.7 Å².